The zero-order valence-corrected chi connectivity index (χ0v) is 7.01. The van der Waals surface area contributed by atoms with Crippen LogP contribution in [0.15, 0.2) is 0 Å². The highest BCUT2D eigenvalue weighted by atomic mass is 16.5. The van der Waals surface area contributed by atoms with Crippen molar-refractivity contribution in [3.05, 3.63) is 0 Å². The molecule has 6 nitrogen and oxygen atoms in total. The van der Waals surface area contributed by atoms with Crippen LogP contribution < -0.4 is 5.73 Å². The lowest BCUT2D eigenvalue weighted by Gasteiger charge is -2.27. The van der Waals surface area contributed by atoms with Crippen LogP contribution in [0.5, 0.6) is 0 Å². The summed E-state index contributed by atoms with van der Waals surface area (Å²) in [7, 11) is 0. The predicted molar refractivity (Wildman–Crippen MR) is 41.7 cm³/mol. The number of hydrogen-bond donors (Lipinski definition) is 2. The minimum absolute atomic E-state index is 0.164. The first-order valence-electron chi connectivity index (χ1n) is 4.19. The van der Waals surface area contributed by atoms with Crippen molar-refractivity contribution in [1.82, 2.24) is 9.96 Å². The van der Waals surface area contributed by atoms with Gasteiger partial charge in [0.25, 0.3) is 0 Å². The molecule has 2 heterocycles. The highest BCUT2D eigenvalue weighted by molar-refractivity contribution is 5.87. The zero-order valence-electron chi connectivity index (χ0n) is 7.01. The van der Waals surface area contributed by atoms with Crippen LogP contribution in [0.1, 0.15) is 12.8 Å². The number of amides is 3. The molecule has 13 heavy (non-hydrogen) atoms. The molecule has 2 bridgehead atoms. The largest absolute Gasteiger partial charge is 0.368 e. The number of hydroxylamine groups is 2. The standard InChI is InChI=1S/C7H11N3O3/c8-6(11)5-2-1-4-3-9(5)7(12)10(4)13/h4-5,13H,1-3H2,(H2,8,11)/t4-,5-/m0/s1. The summed E-state index contributed by atoms with van der Waals surface area (Å²) < 4.78 is 0. The van der Waals surface area contributed by atoms with Crippen molar-refractivity contribution in [3.8, 4) is 0 Å². The van der Waals surface area contributed by atoms with E-state index in [4.69, 9.17) is 5.73 Å². The third-order valence-corrected chi connectivity index (χ3v) is 2.67. The second-order valence-corrected chi connectivity index (χ2v) is 3.43. The van der Waals surface area contributed by atoms with E-state index < -0.39 is 18.0 Å². The van der Waals surface area contributed by atoms with Crippen LogP contribution in [-0.2, 0) is 4.79 Å². The maximum atomic E-state index is 11.3. The molecule has 6 heteroatoms. The molecule has 0 radical (unpaired) electrons. The zero-order chi connectivity index (χ0) is 9.59. The fraction of sp³-hybridized carbons (Fsp3) is 0.714. The Labute approximate surface area is 74.8 Å². The van der Waals surface area contributed by atoms with Crippen LogP contribution in [0.25, 0.3) is 0 Å². The van der Waals surface area contributed by atoms with Crippen LogP contribution in [0.3, 0.4) is 0 Å². The van der Waals surface area contributed by atoms with Gasteiger partial charge in [-0.15, -0.1) is 0 Å². The minimum Gasteiger partial charge on any atom is -0.368 e. The van der Waals surface area contributed by atoms with Crippen LogP contribution in [0.4, 0.5) is 4.79 Å². The predicted octanol–water partition coefficient (Wildman–Crippen LogP) is -0.870. The molecular weight excluding hydrogens is 174 g/mol. The second kappa shape index (κ2) is 2.59. The Morgan fingerprint density at radius 3 is 2.85 bits per heavy atom. The summed E-state index contributed by atoms with van der Waals surface area (Å²) in [5.74, 6) is -0.498. The molecule has 3 N–H and O–H groups in total. The molecule has 0 aromatic carbocycles. The average molecular weight is 185 g/mol. The Kier molecular flexibility index (Phi) is 1.66. The fourth-order valence-electron chi connectivity index (χ4n) is 1.95. The van der Waals surface area contributed by atoms with E-state index in [-0.39, 0.29) is 6.04 Å². The van der Waals surface area contributed by atoms with Gasteiger partial charge in [-0.1, -0.05) is 0 Å². The van der Waals surface area contributed by atoms with E-state index >= 15 is 0 Å². The molecule has 0 spiro atoms. The van der Waals surface area contributed by atoms with Gasteiger partial charge in [-0.3, -0.25) is 10.0 Å². The van der Waals surface area contributed by atoms with Crippen molar-refractivity contribution in [2.24, 2.45) is 5.73 Å². The number of piperidine rings is 1. The number of hydrogen-bond acceptors (Lipinski definition) is 3. The summed E-state index contributed by atoms with van der Waals surface area (Å²) in [6.07, 6.45) is 1.18. The highest BCUT2D eigenvalue weighted by Gasteiger charge is 2.46. The van der Waals surface area contributed by atoms with Gasteiger partial charge in [0.05, 0.1) is 6.04 Å². The summed E-state index contributed by atoms with van der Waals surface area (Å²) >= 11 is 0. The van der Waals surface area contributed by atoms with Gasteiger partial charge in [-0.2, -0.15) is 0 Å². The number of urea groups is 1. The average Bonchev–Trinajstić information content (AvgIpc) is 2.32. The molecule has 0 unspecified atom stereocenters. The number of primary amides is 1. The van der Waals surface area contributed by atoms with E-state index in [1.165, 1.54) is 4.90 Å². The molecule has 2 aliphatic rings. The van der Waals surface area contributed by atoms with Crippen LogP contribution in [0.2, 0.25) is 0 Å². The molecule has 2 rings (SSSR count). The van der Waals surface area contributed by atoms with Gasteiger partial charge in [-0.05, 0) is 12.8 Å². The van der Waals surface area contributed by atoms with Crippen molar-refractivity contribution in [1.29, 1.82) is 0 Å². The summed E-state index contributed by atoms with van der Waals surface area (Å²) in [4.78, 5) is 23.5. The molecule has 3 amide bonds. The van der Waals surface area contributed by atoms with Gasteiger partial charge < -0.3 is 10.6 Å². The SMILES string of the molecule is NC(=O)[C@@H]1CC[C@H]2CN1C(=O)N2O. The first-order chi connectivity index (χ1) is 6.11. The molecule has 72 valence electrons. The molecule has 2 fully saturated rings. The quantitative estimate of drug-likeness (QED) is 0.520. The van der Waals surface area contributed by atoms with Crippen molar-refractivity contribution in [3.63, 3.8) is 0 Å². The van der Waals surface area contributed by atoms with E-state index in [0.717, 1.165) is 0 Å². The Morgan fingerprint density at radius 2 is 2.23 bits per heavy atom. The number of carbonyl (C=O) groups is 2. The third kappa shape index (κ3) is 1.06. The van der Waals surface area contributed by atoms with Gasteiger partial charge in [-0.25, -0.2) is 9.86 Å². The lowest BCUT2D eigenvalue weighted by molar-refractivity contribution is -0.122. The lowest BCUT2D eigenvalue weighted by Crippen LogP contribution is -2.47. The monoisotopic (exact) mass is 185 g/mol. The van der Waals surface area contributed by atoms with E-state index in [0.29, 0.717) is 24.4 Å². The maximum absolute atomic E-state index is 11.3. The molecule has 0 aromatic rings. The first-order valence-corrected chi connectivity index (χ1v) is 4.19. The Hall–Kier alpha value is -1.30. The third-order valence-electron chi connectivity index (χ3n) is 2.67. The van der Waals surface area contributed by atoms with Crippen molar-refractivity contribution in [2.75, 3.05) is 6.54 Å². The van der Waals surface area contributed by atoms with Crippen LogP contribution in [-0.4, -0.2) is 45.7 Å². The number of fused-ring (bicyclic) bond motifs is 2. The Balaban J connectivity index is 2.22. The normalized spacial score (nSPS) is 32.5. The molecule has 2 saturated heterocycles. The van der Waals surface area contributed by atoms with Gasteiger partial charge in [0.15, 0.2) is 0 Å². The van der Waals surface area contributed by atoms with Gasteiger partial charge >= 0.3 is 6.03 Å². The number of nitrogens with zero attached hydrogens (tertiary/aromatic N) is 2. The first kappa shape index (κ1) is 8.31. The summed E-state index contributed by atoms with van der Waals surface area (Å²) in [6.45, 7) is 0.406. The summed E-state index contributed by atoms with van der Waals surface area (Å²) in [6, 6.07) is -1.21. The van der Waals surface area contributed by atoms with Gasteiger partial charge in [0, 0.05) is 6.54 Å². The van der Waals surface area contributed by atoms with Crippen LogP contribution in [0, 0.1) is 0 Å². The molecule has 0 aliphatic carbocycles. The van der Waals surface area contributed by atoms with Crippen molar-refractivity contribution in [2.45, 2.75) is 24.9 Å². The van der Waals surface area contributed by atoms with E-state index in [1.807, 2.05) is 0 Å². The second-order valence-electron chi connectivity index (χ2n) is 3.43. The number of rotatable bonds is 1. The van der Waals surface area contributed by atoms with Crippen molar-refractivity contribution >= 4 is 11.9 Å². The maximum Gasteiger partial charge on any atom is 0.344 e. The van der Waals surface area contributed by atoms with E-state index in [2.05, 4.69) is 0 Å². The minimum atomic E-state index is -0.541. The van der Waals surface area contributed by atoms with E-state index in [9.17, 15) is 14.8 Å². The topological polar surface area (TPSA) is 86.9 Å². The molecule has 2 aliphatic heterocycles. The molecule has 2 atom stereocenters. The van der Waals surface area contributed by atoms with Crippen LogP contribution >= 0.6 is 0 Å². The molecule has 0 aromatic heterocycles. The number of carbonyl (C=O) groups excluding carboxylic acids is 2. The molecular formula is C7H11N3O3. The van der Waals surface area contributed by atoms with Crippen molar-refractivity contribution < 1.29 is 14.8 Å². The smallest absolute Gasteiger partial charge is 0.344 e. The highest BCUT2D eigenvalue weighted by Crippen LogP contribution is 2.27. The Bertz CT molecular complexity index is 268. The number of nitrogens with two attached hydrogens (primary N) is 1. The lowest BCUT2D eigenvalue weighted by atomic mass is 10.0. The van der Waals surface area contributed by atoms with E-state index in [1.54, 1.807) is 0 Å². The Morgan fingerprint density at radius 1 is 1.54 bits per heavy atom. The summed E-state index contributed by atoms with van der Waals surface area (Å²) in [5, 5.41) is 9.95. The van der Waals surface area contributed by atoms with Gasteiger partial charge in [0.2, 0.25) is 5.91 Å². The fourth-order valence-corrected chi connectivity index (χ4v) is 1.95. The molecule has 0 saturated carbocycles. The van der Waals surface area contributed by atoms with Gasteiger partial charge in [0.1, 0.15) is 6.04 Å². The summed E-state index contributed by atoms with van der Waals surface area (Å²) in [5.41, 5.74) is 5.13.